The second kappa shape index (κ2) is 4.09. The van der Waals surface area contributed by atoms with Crippen LogP contribution in [-0.2, 0) is 4.79 Å². The lowest BCUT2D eigenvalue weighted by atomic mass is 9.86. The lowest BCUT2D eigenvalue weighted by Crippen LogP contribution is -2.54. The zero-order valence-electron chi connectivity index (χ0n) is 11.1. The number of hydrogen-bond donors (Lipinski definition) is 0. The summed E-state index contributed by atoms with van der Waals surface area (Å²) in [5.74, 6) is 0.278. The SMILES string of the molecule is CC1(C)CCN2CC[C@H](c3ccccc3)N2C1=O. The average molecular weight is 244 g/mol. The maximum absolute atomic E-state index is 12.6. The number of hydrogen-bond acceptors (Lipinski definition) is 2. The van der Waals surface area contributed by atoms with Crippen molar-refractivity contribution in [3.05, 3.63) is 35.9 Å². The van der Waals surface area contributed by atoms with Crippen LogP contribution in [0.3, 0.4) is 0 Å². The van der Waals surface area contributed by atoms with E-state index in [0.717, 1.165) is 25.9 Å². The zero-order chi connectivity index (χ0) is 12.8. The highest BCUT2D eigenvalue weighted by molar-refractivity contribution is 5.83. The molecule has 18 heavy (non-hydrogen) atoms. The summed E-state index contributed by atoms with van der Waals surface area (Å²) < 4.78 is 0. The molecule has 0 unspecified atom stereocenters. The van der Waals surface area contributed by atoms with E-state index in [2.05, 4.69) is 43.1 Å². The van der Waals surface area contributed by atoms with Gasteiger partial charge in [0.1, 0.15) is 0 Å². The summed E-state index contributed by atoms with van der Waals surface area (Å²) in [6.07, 6.45) is 2.01. The molecule has 1 aromatic carbocycles. The van der Waals surface area contributed by atoms with Crippen molar-refractivity contribution in [1.29, 1.82) is 0 Å². The van der Waals surface area contributed by atoms with Gasteiger partial charge in [0.05, 0.1) is 6.04 Å². The maximum Gasteiger partial charge on any atom is 0.243 e. The Labute approximate surface area is 108 Å². The molecule has 2 aliphatic heterocycles. The van der Waals surface area contributed by atoms with Crippen LogP contribution in [0.1, 0.15) is 38.3 Å². The van der Waals surface area contributed by atoms with Crippen LogP contribution in [0, 0.1) is 5.41 Å². The van der Waals surface area contributed by atoms with Gasteiger partial charge >= 0.3 is 0 Å². The van der Waals surface area contributed by atoms with Crippen molar-refractivity contribution in [3.63, 3.8) is 0 Å². The molecule has 96 valence electrons. The fourth-order valence-corrected chi connectivity index (χ4v) is 3.00. The molecule has 3 nitrogen and oxygen atoms in total. The van der Waals surface area contributed by atoms with Crippen molar-refractivity contribution in [2.45, 2.75) is 32.7 Å². The van der Waals surface area contributed by atoms with Crippen molar-refractivity contribution in [1.82, 2.24) is 10.0 Å². The molecule has 3 heteroatoms. The van der Waals surface area contributed by atoms with Crippen LogP contribution in [0.4, 0.5) is 0 Å². The molecule has 2 saturated heterocycles. The first-order valence-corrected chi connectivity index (χ1v) is 6.73. The molecule has 2 aliphatic rings. The molecule has 1 atom stereocenters. The lowest BCUT2D eigenvalue weighted by Gasteiger charge is -2.43. The van der Waals surface area contributed by atoms with Crippen LogP contribution in [0.15, 0.2) is 30.3 Å². The zero-order valence-corrected chi connectivity index (χ0v) is 11.1. The standard InChI is InChI=1S/C15H20N2O/c1-15(2)9-11-16-10-8-13(17(16)14(15)18)12-6-4-3-5-7-12/h3-7,13H,8-11H2,1-2H3/t13-/m1/s1. The number of carbonyl (C=O) groups is 1. The number of nitrogens with zero attached hydrogens (tertiary/aromatic N) is 2. The van der Waals surface area contributed by atoms with Gasteiger partial charge in [-0.1, -0.05) is 44.2 Å². The van der Waals surface area contributed by atoms with Gasteiger partial charge in [-0.15, -0.1) is 0 Å². The minimum absolute atomic E-state index is 0.214. The van der Waals surface area contributed by atoms with Crippen LogP contribution in [0.5, 0.6) is 0 Å². The normalized spacial score (nSPS) is 27.3. The number of hydrazine groups is 1. The summed E-state index contributed by atoms with van der Waals surface area (Å²) in [5.41, 5.74) is 1.04. The molecule has 2 heterocycles. The maximum atomic E-state index is 12.6. The predicted octanol–water partition coefficient (Wildman–Crippen LogP) is 2.61. The third kappa shape index (κ3) is 1.74. The van der Waals surface area contributed by atoms with Gasteiger partial charge < -0.3 is 0 Å². The molecule has 0 aliphatic carbocycles. The van der Waals surface area contributed by atoms with E-state index >= 15 is 0 Å². The average Bonchev–Trinajstić information content (AvgIpc) is 2.80. The van der Waals surface area contributed by atoms with Crippen molar-refractivity contribution in [3.8, 4) is 0 Å². The van der Waals surface area contributed by atoms with Gasteiger partial charge in [-0.2, -0.15) is 0 Å². The van der Waals surface area contributed by atoms with Gasteiger partial charge in [0.25, 0.3) is 0 Å². The first kappa shape index (κ1) is 11.7. The van der Waals surface area contributed by atoms with E-state index in [1.165, 1.54) is 5.56 Å². The molecule has 0 spiro atoms. The summed E-state index contributed by atoms with van der Waals surface area (Å²) in [4.78, 5) is 12.6. The molecule has 0 saturated carbocycles. The van der Waals surface area contributed by atoms with Gasteiger partial charge in [-0.3, -0.25) is 9.80 Å². The quantitative estimate of drug-likeness (QED) is 0.758. The Morgan fingerprint density at radius 1 is 1.17 bits per heavy atom. The Bertz CT molecular complexity index is 455. The number of rotatable bonds is 1. The highest BCUT2D eigenvalue weighted by Gasteiger charge is 2.46. The Kier molecular flexibility index (Phi) is 2.67. The second-order valence-electron chi connectivity index (χ2n) is 5.95. The lowest BCUT2D eigenvalue weighted by molar-refractivity contribution is -0.167. The first-order valence-electron chi connectivity index (χ1n) is 6.73. The summed E-state index contributed by atoms with van der Waals surface area (Å²) >= 11 is 0. The van der Waals surface area contributed by atoms with Crippen LogP contribution < -0.4 is 0 Å². The molecule has 0 aromatic heterocycles. The highest BCUT2D eigenvalue weighted by Crippen LogP contribution is 2.40. The molecule has 0 bridgehead atoms. The van der Waals surface area contributed by atoms with Gasteiger partial charge in [-0.05, 0) is 18.4 Å². The molecular formula is C15H20N2O. The predicted molar refractivity (Wildman–Crippen MR) is 70.6 cm³/mol. The van der Waals surface area contributed by atoms with Crippen LogP contribution in [-0.4, -0.2) is 29.0 Å². The molecule has 0 radical (unpaired) electrons. The third-order valence-electron chi connectivity index (χ3n) is 4.23. The van der Waals surface area contributed by atoms with Crippen LogP contribution in [0.2, 0.25) is 0 Å². The Balaban J connectivity index is 1.93. The fourth-order valence-electron chi connectivity index (χ4n) is 3.00. The van der Waals surface area contributed by atoms with E-state index in [0.29, 0.717) is 0 Å². The van der Waals surface area contributed by atoms with E-state index < -0.39 is 0 Å². The van der Waals surface area contributed by atoms with Crippen LogP contribution in [0.25, 0.3) is 0 Å². The van der Waals surface area contributed by atoms with Crippen LogP contribution >= 0.6 is 0 Å². The summed E-state index contributed by atoms with van der Waals surface area (Å²) in [6, 6.07) is 10.6. The monoisotopic (exact) mass is 244 g/mol. The van der Waals surface area contributed by atoms with Gasteiger partial charge in [0.15, 0.2) is 0 Å². The minimum Gasteiger partial charge on any atom is -0.273 e. The summed E-state index contributed by atoms with van der Waals surface area (Å²) in [5, 5.41) is 4.24. The Morgan fingerprint density at radius 3 is 2.61 bits per heavy atom. The molecule has 3 rings (SSSR count). The highest BCUT2D eigenvalue weighted by atomic mass is 16.2. The van der Waals surface area contributed by atoms with E-state index in [9.17, 15) is 4.79 Å². The number of carbonyl (C=O) groups excluding carboxylic acids is 1. The number of benzene rings is 1. The van der Waals surface area contributed by atoms with E-state index in [1.54, 1.807) is 0 Å². The van der Waals surface area contributed by atoms with Crippen molar-refractivity contribution in [2.75, 3.05) is 13.1 Å². The van der Waals surface area contributed by atoms with E-state index in [4.69, 9.17) is 0 Å². The second-order valence-corrected chi connectivity index (χ2v) is 5.95. The largest absolute Gasteiger partial charge is 0.273 e. The third-order valence-corrected chi connectivity index (χ3v) is 4.23. The molecule has 1 aromatic rings. The van der Waals surface area contributed by atoms with E-state index in [-0.39, 0.29) is 17.4 Å². The van der Waals surface area contributed by atoms with Gasteiger partial charge in [0, 0.05) is 18.5 Å². The van der Waals surface area contributed by atoms with Crippen molar-refractivity contribution < 1.29 is 4.79 Å². The summed E-state index contributed by atoms with van der Waals surface area (Å²) in [7, 11) is 0. The molecular weight excluding hydrogens is 224 g/mol. The molecule has 1 amide bonds. The van der Waals surface area contributed by atoms with Crippen molar-refractivity contribution >= 4 is 5.91 Å². The number of fused-ring (bicyclic) bond motifs is 1. The minimum atomic E-state index is -0.214. The molecule has 2 fully saturated rings. The van der Waals surface area contributed by atoms with Crippen molar-refractivity contribution in [2.24, 2.45) is 5.41 Å². The van der Waals surface area contributed by atoms with E-state index in [1.807, 2.05) is 11.1 Å². The van der Waals surface area contributed by atoms with Gasteiger partial charge in [-0.25, -0.2) is 5.01 Å². The smallest absolute Gasteiger partial charge is 0.243 e. The number of amides is 1. The first-order chi connectivity index (χ1) is 8.59. The summed E-state index contributed by atoms with van der Waals surface area (Å²) in [6.45, 7) is 6.13. The Morgan fingerprint density at radius 2 is 1.89 bits per heavy atom. The molecule has 0 N–H and O–H groups in total. The Hall–Kier alpha value is -1.35. The fraction of sp³-hybridized carbons (Fsp3) is 0.533. The topological polar surface area (TPSA) is 23.6 Å². The van der Waals surface area contributed by atoms with Gasteiger partial charge in [0.2, 0.25) is 5.91 Å².